The molecule has 0 aliphatic carbocycles. The molecule has 0 spiro atoms. The number of pyridine rings is 1. The molecule has 4 nitrogen and oxygen atoms in total. The third kappa shape index (κ3) is 3.86. The minimum Gasteiger partial charge on any atom is -0.497 e. The number of rotatable bonds is 5. The van der Waals surface area contributed by atoms with Gasteiger partial charge in [-0.05, 0) is 45.8 Å². The van der Waals surface area contributed by atoms with Crippen molar-refractivity contribution in [3.63, 3.8) is 0 Å². The Balaban J connectivity index is 2.08. The first kappa shape index (κ1) is 13.7. The zero-order valence-electron chi connectivity index (χ0n) is 10.8. The third-order valence-electron chi connectivity index (χ3n) is 2.64. The summed E-state index contributed by atoms with van der Waals surface area (Å²) < 4.78 is 11.3. The first-order valence-electron chi connectivity index (χ1n) is 5.78. The van der Waals surface area contributed by atoms with Gasteiger partial charge in [0.05, 0.1) is 26.1 Å². The first-order chi connectivity index (χ1) is 9.21. The van der Waals surface area contributed by atoms with Crippen LogP contribution in [-0.2, 0) is 6.54 Å². The van der Waals surface area contributed by atoms with Crippen molar-refractivity contribution in [2.24, 2.45) is 0 Å². The summed E-state index contributed by atoms with van der Waals surface area (Å²) in [5.74, 6) is 1.56. The predicted octanol–water partition coefficient (Wildman–Crippen LogP) is 3.47. The summed E-state index contributed by atoms with van der Waals surface area (Å²) in [6.07, 6.45) is 1.78. The number of aromatic nitrogens is 1. The highest BCUT2D eigenvalue weighted by molar-refractivity contribution is 9.10. The fraction of sp³-hybridized carbons (Fsp3) is 0.214. The van der Waals surface area contributed by atoms with E-state index in [2.05, 4.69) is 26.2 Å². The molecule has 0 saturated carbocycles. The summed E-state index contributed by atoms with van der Waals surface area (Å²) >= 11 is 3.31. The van der Waals surface area contributed by atoms with Crippen molar-refractivity contribution < 1.29 is 9.47 Å². The molecule has 0 unspecified atom stereocenters. The van der Waals surface area contributed by atoms with Crippen LogP contribution in [0.1, 0.15) is 5.56 Å². The number of hydrogen-bond donors (Lipinski definition) is 1. The van der Waals surface area contributed by atoms with Crippen LogP contribution in [0.2, 0.25) is 0 Å². The minimum absolute atomic E-state index is 0.677. The molecule has 0 bridgehead atoms. The Morgan fingerprint density at radius 1 is 1.11 bits per heavy atom. The summed E-state index contributed by atoms with van der Waals surface area (Å²) in [6.45, 7) is 0.677. The maximum atomic E-state index is 5.24. The van der Waals surface area contributed by atoms with Gasteiger partial charge in [-0.25, -0.2) is 4.98 Å². The molecule has 100 valence electrons. The summed E-state index contributed by atoms with van der Waals surface area (Å²) in [5, 5.41) is 3.30. The summed E-state index contributed by atoms with van der Waals surface area (Å²) in [7, 11) is 3.29. The molecule has 0 aliphatic rings. The maximum absolute atomic E-state index is 5.24. The third-order valence-corrected chi connectivity index (χ3v) is 3.10. The highest BCUT2D eigenvalue weighted by Gasteiger charge is 2.02. The largest absolute Gasteiger partial charge is 0.497 e. The predicted molar refractivity (Wildman–Crippen MR) is 78.8 cm³/mol. The van der Waals surface area contributed by atoms with E-state index in [-0.39, 0.29) is 0 Å². The molecule has 19 heavy (non-hydrogen) atoms. The molecule has 0 amide bonds. The van der Waals surface area contributed by atoms with E-state index in [0.29, 0.717) is 6.54 Å². The number of anilines is 1. The van der Waals surface area contributed by atoms with E-state index in [1.165, 1.54) is 0 Å². The second kappa shape index (κ2) is 6.43. The summed E-state index contributed by atoms with van der Waals surface area (Å²) in [6, 6.07) is 9.66. The summed E-state index contributed by atoms with van der Waals surface area (Å²) in [5.41, 5.74) is 2.05. The normalized spacial score (nSPS) is 10.1. The van der Waals surface area contributed by atoms with Gasteiger partial charge in [0.25, 0.3) is 0 Å². The fourth-order valence-electron chi connectivity index (χ4n) is 1.65. The van der Waals surface area contributed by atoms with E-state index in [4.69, 9.17) is 9.47 Å². The van der Waals surface area contributed by atoms with Gasteiger partial charge in [-0.2, -0.15) is 0 Å². The van der Waals surface area contributed by atoms with E-state index in [1.54, 1.807) is 20.4 Å². The van der Waals surface area contributed by atoms with Crippen LogP contribution < -0.4 is 14.8 Å². The van der Waals surface area contributed by atoms with Crippen LogP contribution in [0.3, 0.4) is 0 Å². The van der Waals surface area contributed by atoms with Gasteiger partial charge < -0.3 is 14.8 Å². The highest BCUT2D eigenvalue weighted by atomic mass is 79.9. The topological polar surface area (TPSA) is 43.4 Å². The van der Waals surface area contributed by atoms with Crippen LogP contribution in [0, 0.1) is 0 Å². The Morgan fingerprint density at radius 3 is 2.32 bits per heavy atom. The second-order valence-electron chi connectivity index (χ2n) is 3.94. The molecule has 1 aromatic heterocycles. The van der Waals surface area contributed by atoms with Crippen molar-refractivity contribution in [1.29, 1.82) is 0 Å². The molecule has 2 rings (SSSR count). The smallest absolute Gasteiger partial charge is 0.122 e. The lowest BCUT2D eigenvalue weighted by Crippen LogP contribution is -2.00. The number of hydrogen-bond acceptors (Lipinski definition) is 4. The molecular formula is C14H15BrN2O2. The Bertz CT molecular complexity index is 521. The molecule has 0 aliphatic heterocycles. The number of benzene rings is 1. The Kier molecular flexibility index (Phi) is 4.63. The van der Waals surface area contributed by atoms with E-state index in [9.17, 15) is 0 Å². The molecule has 0 radical (unpaired) electrons. The first-order valence-corrected chi connectivity index (χ1v) is 6.58. The maximum Gasteiger partial charge on any atom is 0.122 e. The lowest BCUT2D eigenvalue weighted by molar-refractivity contribution is 0.393. The number of halogens is 1. The second-order valence-corrected chi connectivity index (χ2v) is 4.76. The summed E-state index contributed by atoms with van der Waals surface area (Å²) in [4.78, 5) is 4.16. The molecule has 2 aromatic rings. The SMILES string of the molecule is COc1cc(CNc2ccc(Br)nc2)cc(OC)c1. The van der Waals surface area contributed by atoms with Gasteiger partial charge in [-0.3, -0.25) is 0 Å². The quantitative estimate of drug-likeness (QED) is 0.856. The van der Waals surface area contributed by atoms with Crippen molar-refractivity contribution in [3.8, 4) is 11.5 Å². The zero-order valence-corrected chi connectivity index (χ0v) is 12.4. The Labute approximate surface area is 120 Å². The van der Waals surface area contributed by atoms with Crippen molar-refractivity contribution in [1.82, 2.24) is 4.98 Å². The van der Waals surface area contributed by atoms with Gasteiger partial charge in [0, 0.05) is 12.6 Å². The Morgan fingerprint density at radius 2 is 1.79 bits per heavy atom. The van der Waals surface area contributed by atoms with Gasteiger partial charge in [-0.15, -0.1) is 0 Å². The van der Waals surface area contributed by atoms with Crippen molar-refractivity contribution in [2.45, 2.75) is 6.54 Å². The van der Waals surface area contributed by atoms with E-state index in [1.807, 2.05) is 30.3 Å². The average Bonchev–Trinajstić information content (AvgIpc) is 2.46. The van der Waals surface area contributed by atoms with Crippen LogP contribution in [0.4, 0.5) is 5.69 Å². The molecular weight excluding hydrogens is 308 g/mol. The molecule has 0 atom stereocenters. The van der Waals surface area contributed by atoms with Gasteiger partial charge in [-0.1, -0.05) is 0 Å². The number of ether oxygens (including phenoxy) is 2. The van der Waals surface area contributed by atoms with Gasteiger partial charge in [0.15, 0.2) is 0 Å². The van der Waals surface area contributed by atoms with Crippen molar-refractivity contribution >= 4 is 21.6 Å². The molecule has 1 N–H and O–H groups in total. The van der Waals surface area contributed by atoms with Crippen LogP contribution in [-0.4, -0.2) is 19.2 Å². The number of nitrogens with zero attached hydrogens (tertiary/aromatic N) is 1. The minimum atomic E-state index is 0.677. The number of nitrogens with one attached hydrogen (secondary N) is 1. The molecule has 1 heterocycles. The molecule has 5 heteroatoms. The van der Waals surface area contributed by atoms with Crippen LogP contribution >= 0.6 is 15.9 Å². The number of methoxy groups -OCH3 is 2. The van der Waals surface area contributed by atoms with E-state index in [0.717, 1.165) is 27.4 Å². The lowest BCUT2D eigenvalue weighted by Gasteiger charge is -2.10. The van der Waals surface area contributed by atoms with Crippen LogP contribution in [0.5, 0.6) is 11.5 Å². The highest BCUT2D eigenvalue weighted by Crippen LogP contribution is 2.23. The van der Waals surface area contributed by atoms with Gasteiger partial charge in [0.2, 0.25) is 0 Å². The van der Waals surface area contributed by atoms with Crippen LogP contribution in [0.15, 0.2) is 41.1 Å². The van der Waals surface area contributed by atoms with Gasteiger partial charge >= 0.3 is 0 Å². The zero-order chi connectivity index (χ0) is 13.7. The monoisotopic (exact) mass is 322 g/mol. The fourth-order valence-corrected chi connectivity index (χ4v) is 1.89. The molecule has 0 fully saturated rings. The van der Waals surface area contributed by atoms with Crippen molar-refractivity contribution in [2.75, 3.05) is 19.5 Å². The molecule has 1 aromatic carbocycles. The average molecular weight is 323 g/mol. The molecule has 0 saturated heterocycles. The Hall–Kier alpha value is -1.75. The lowest BCUT2D eigenvalue weighted by atomic mass is 10.2. The van der Waals surface area contributed by atoms with E-state index >= 15 is 0 Å². The van der Waals surface area contributed by atoms with Crippen molar-refractivity contribution in [3.05, 3.63) is 46.7 Å². The van der Waals surface area contributed by atoms with Gasteiger partial charge in [0.1, 0.15) is 16.1 Å². The van der Waals surface area contributed by atoms with Crippen LogP contribution in [0.25, 0.3) is 0 Å². The van der Waals surface area contributed by atoms with E-state index < -0.39 is 0 Å². The standard InChI is InChI=1S/C14H15BrN2O2/c1-18-12-5-10(6-13(7-12)19-2)8-16-11-3-4-14(15)17-9-11/h3-7,9,16H,8H2,1-2H3.